The molecule has 0 heterocycles. The lowest BCUT2D eigenvalue weighted by atomic mass is 10.0. The van der Waals surface area contributed by atoms with Crippen molar-refractivity contribution in [2.75, 3.05) is 0 Å². The van der Waals surface area contributed by atoms with Crippen molar-refractivity contribution < 1.29 is 9.59 Å². The zero-order valence-electron chi connectivity index (χ0n) is 16.2. The number of carbonyl (C=O) groups is 2. The van der Waals surface area contributed by atoms with Crippen molar-refractivity contribution in [3.8, 4) is 0 Å². The fraction of sp³-hybridized carbons (Fsp3) is 0. The molecule has 0 fully saturated rings. The van der Waals surface area contributed by atoms with Gasteiger partial charge in [0, 0.05) is 20.9 Å². The second kappa shape index (κ2) is 11.8. The highest BCUT2D eigenvalue weighted by molar-refractivity contribution is 8.76. The third-order valence-electron chi connectivity index (χ3n) is 4.00. The minimum atomic E-state index is -0.466. The van der Waals surface area contributed by atoms with E-state index in [1.807, 2.05) is 24.3 Å². The molecule has 0 radical (unpaired) electrons. The smallest absolute Gasteiger partial charge is 0.233 e. The number of Topliss-reactive ketones (excluding diaryl/α,β-unsaturated/α-hetero) is 2. The Morgan fingerprint density at radius 1 is 0.400 bits per heavy atom. The standard InChI is InChI=1S/C14H10O2.C12H10S2/c15-13(11-7-3-1-4-8-11)14(16)12-9-5-2-6-10-12;1-3-7-11(8-4-1)13-14-12-9-5-2-6-10-12/h1-10H;1-10H. The molecule has 30 heavy (non-hydrogen) atoms. The Morgan fingerprint density at radius 3 is 0.967 bits per heavy atom. The van der Waals surface area contributed by atoms with E-state index in [-0.39, 0.29) is 0 Å². The van der Waals surface area contributed by atoms with E-state index in [4.69, 9.17) is 0 Å². The molecule has 4 aromatic carbocycles. The molecule has 0 N–H and O–H groups in total. The summed E-state index contributed by atoms with van der Waals surface area (Å²) in [5.41, 5.74) is 0.854. The third-order valence-corrected chi connectivity index (χ3v) is 6.42. The van der Waals surface area contributed by atoms with Crippen LogP contribution in [0.1, 0.15) is 20.7 Å². The molecular weight excluding hydrogens is 408 g/mol. The molecule has 0 spiro atoms. The second-order valence-electron chi connectivity index (χ2n) is 6.18. The number of carbonyl (C=O) groups excluding carboxylic acids is 2. The Bertz CT molecular complexity index is 962. The normalized spacial score (nSPS) is 9.87. The van der Waals surface area contributed by atoms with Crippen LogP contribution in [-0.2, 0) is 0 Å². The van der Waals surface area contributed by atoms with Crippen LogP contribution in [0.5, 0.6) is 0 Å². The molecule has 4 rings (SSSR count). The van der Waals surface area contributed by atoms with E-state index < -0.39 is 11.6 Å². The molecule has 0 aliphatic heterocycles. The van der Waals surface area contributed by atoms with Crippen molar-refractivity contribution in [2.24, 2.45) is 0 Å². The molecule has 4 heteroatoms. The molecule has 0 aliphatic carbocycles. The van der Waals surface area contributed by atoms with Gasteiger partial charge < -0.3 is 0 Å². The van der Waals surface area contributed by atoms with Crippen LogP contribution in [0.4, 0.5) is 0 Å². The first kappa shape index (κ1) is 21.6. The number of hydrogen-bond acceptors (Lipinski definition) is 4. The minimum Gasteiger partial charge on any atom is -0.285 e. The largest absolute Gasteiger partial charge is 0.285 e. The average molecular weight is 429 g/mol. The van der Waals surface area contributed by atoms with E-state index in [0.29, 0.717) is 11.1 Å². The molecule has 0 atom stereocenters. The quantitative estimate of drug-likeness (QED) is 0.184. The van der Waals surface area contributed by atoms with Crippen LogP contribution in [0, 0.1) is 0 Å². The monoisotopic (exact) mass is 428 g/mol. The van der Waals surface area contributed by atoms with E-state index >= 15 is 0 Å². The van der Waals surface area contributed by atoms with Crippen LogP contribution in [0.3, 0.4) is 0 Å². The van der Waals surface area contributed by atoms with Gasteiger partial charge in [-0.3, -0.25) is 9.59 Å². The third kappa shape index (κ3) is 6.76. The van der Waals surface area contributed by atoms with Gasteiger partial charge in [-0.1, -0.05) is 119 Å². The molecule has 0 aromatic heterocycles. The number of rotatable bonds is 6. The van der Waals surface area contributed by atoms with Crippen LogP contribution in [0.25, 0.3) is 0 Å². The lowest BCUT2D eigenvalue weighted by Gasteiger charge is -1.99. The topological polar surface area (TPSA) is 34.1 Å². The summed E-state index contributed by atoms with van der Waals surface area (Å²) in [5.74, 6) is -0.932. The molecule has 0 aliphatic rings. The van der Waals surface area contributed by atoms with Crippen molar-refractivity contribution in [1.29, 1.82) is 0 Å². The summed E-state index contributed by atoms with van der Waals surface area (Å²) in [6, 6.07) is 38.0. The zero-order chi connectivity index (χ0) is 21.0. The predicted molar refractivity (Wildman–Crippen MR) is 126 cm³/mol. The summed E-state index contributed by atoms with van der Waals surface area (Å²) in [6.45, 7) is 0. The highest BCUT2D eigenvalue weighted by Crippen LogP contribution is 2.36. The van der Waals surface area contributed by atoms with E-state index in [9.17, 15) is 9.59 Å². The molecule has 0 saturated carbocycles. The molecular formula is C26H20O2S2. The predicted octanol–water partition coefficient (Wildman–Crippen LogP) is 7.24. The van der Waals surface area contributed by atoms with Crippen molar-refractivity contribution in [3.63, 3.8) is 0 Å². The van der Waals surface area contributed by atoms with Crippen LogP contribution >= 0.6 is 21.6 Å². The Labute approximate surface area is 184 Å². The van der Waals surface area contributed by atoms with Gasteiger partial charge in [0.1, 0.15) is 0 Å². The van der Waals surface area contributed by atoms with Gasteiger partial charge in [-0.05, 0) is 24.3 Å². The fourth-order valence-electron chi connectivity index (χ4n) is 2.49. The second-order valence-corrected chi connectivity index (χ2v) is 8.46. The van der Waals surface area contributed by atoms with Gasteiger partial charge in [0.05, 0.1) is 0 Å². The Kier molecular flexibility index (Phi) is 8.51. The molecule has 2 nitrogen and oxygen atoms in total. The summed E-state index contributed by atoms with van der Waals surface area (Å²) >= 11 is 0. The van der Waals surface area contributed by atoms with Crippen molar-refractivity contribution in [2.45, 2.75) is 9.79 Å². The highest BCUT2D eigenvalue weighted by atomic mass is 33.1. The fourth-order valence-corrected chi connectivity index (χ4v) is 4.46. The summed E-state index contributed by atoms with van der Waals surface area (Å²) in [5, 5.41) is 0. The highest BCUT2D eigenvalue weighted by Gasteiger charge is 2.17. The first-order chi connectivity index (χ1) is 14.7. The Hall–Kier alpha value is -3.08. The van der Waals surface area contributed by atoms with E-state index in [1.54, 1.807) is 70.1 Å². The maximum atomic E-state index is 11.8. The van der Waals surface area contributed by atoms with E-state index in [0.717, 1.165) is 0 Å². The van der Waals surface area contributed by atoms with Gasteiger partial charge in [-0.15, -0.1) is 0 Å². The van der Waals surface area contributed by atoms with Crippen molar-refractivity contribution in [1.82, 2.24) is 0 Å². The van der Waals surface area contributed by atoms with Gasteiger partial charge in [-0.25, -0.2) is 0 Å². The van der Waals surface area contributed by atoms with Crippen LogP contribution in [0.15, 0.2) is 131 Å². The molecule has 4 aromatic rings. The van der Waals surface area contributed by atoms with Gasteiger partial charge >= 0.3 is 0 Å². The number of benzene rings is 4. The Balaban J connectivity index is 0.000000172. The van der Waals surface area contributed by atoms with Crippen molar-refractivity contribution >= 4 is 33.2 Å². The van der Waals surface area contributed by atoms with Crippen molar-refractivity contribution in [3.05, 3.63) is 132 Å². The summed E-state index contributed by atoms with van der Waals surface area (Å²) in [7, 11) is 3.58. The maximum Gasteiger partial charge on any atom is 0.233 e. The lowest BCUT2D eigenvalue weighted by Crippen LogP contribution is -2.14. The van der Waals surface area contributed by atoms with Gasteiger partial charge in [0.15, 0.2) is 0 Å². The summed E-state index contributed by atoms with van der Waals surface area (Å²) in [6.07, 6.45) is 0. The Morgan fingerprint density at radius 2 is 0.667 bits per heavy atom. The maximum absolute atomic E-state index is 11.8. The molecule has 0 saturated heterocycles. The van der Waals surface area contributed by atoms with Gasteiger partial charge in [0.2, 0.25) is 11.6 Å². The summed E-state index contributed by atoms with van der Waals surface area (Å²) in [4.78, 5) is 26.2. The zero-order valence-corrected chi connectivity index (χ0v) is 17.8. The van der Waals surface area contributed by atoms with Crippen LogP contribution < -0.4 is 0 Å². The van der Waals surface area contributed by atoms with E-state index in [1.165, 1.54) is 9.79 Å². The molecule has 0 bridgehead atoms. The molecule has 148 valence electrons. The first-order valence-corrected chi connectivity index (χ1v) is 11.5. The lowest BCUT2D eigenvalue weighted by molar-refractivity contribution is 0.0817. The molecule has 0 unspecified atom stereocenters. The minimum absolute atomic E-state index is 0.427. The van der Waals surface area contributed by atoms with Gasteiger partial charge in [-0.2, -0.15) is 0 Å². The number of ketones is 2. The summed E-state index contributed by atoms with van der Waals surface area (Å²) < 4.78 is 0. The van der Waals surface area contributed by atoms with Crippen LogP contribution in [-0.4, -0.2) is 11.6 Å². The SMILES string of the molecule is O=C(C(=O)c1ccccc1)c1ccccc1.c1ccc(SSc2ccccc2)cc1. The molecule has 0 amide bonds. The van der Waals surface area contributed by atoms with E-state index in [2.05, 4.69) is 48.5 Å². The van der Waals surface area contributed by atoms with Crippen LogP contribution in [0.2, 0.25) is 0 Å². The average Bonchev–Trinajstić information content (AvgIpc) is 2.84. The first-order valence-electron chi connectivity index (χ1n) is 9.38. The van der Waals surface area contributed by atoms with Gasteiger partial charge in [0.25, 0.3) is 0 Å². The number of hydrogen-bond donors (Lipinski definition) is 0.